The van der Waals surface area contributed by atoms with Crippen molar-refractivity contribution in [2.75, 3.05) is 24.8 Å². The van der Waals surface area contributed by atoms with Crippen molar-refractivity contribution >= 4 is 17.3 Å². The van der Waals surface area contributed by atoms with Crippen LogP contribution in [-0.2, 0) is 4.79 Å². The van der Waals surface area contributed by atoms with Crippen LogP contribution < -0.4 is 20.5 Å². The Kier molecular flexibility index (Phi) is 4.66. The molecule has 0 aliphatic rings. The van der Waals surface area contributed by atoms with Gasteiger partial charge in [0.15, 0.2) is 6.61 Å². The van der Waals surface area contributed by atoms with Crippen LogP contribution in [0.1, 0.15) is 5.56 Å². The molecule has 0 saturated carbocycles. The summed E-state index contributed by atoms with van der Waals surface area (Å²) in [5.74, 6) is 0.825. The first-order valence-corrected chi connectivity index (χ1v) is 6.52. The lowest BCUT2D eigenvalue weighted by Gasteiger charge is -2.12. The number of carbonyl (C=O) groups is 1. The van der Waals surface area contributed by atoms with Gasteiger partial charge in [-0.1, -0.05) is 18.2 Å². The Morgan fingerprint density at radius 1 is 1.19 bits per heavy atom. The van der Waals surface area contributed by atoms with Gasteiger partial charge in [-0.05, 0) is 36.8 Å². The number of hydrogen-bond acceptors (Lipinski definition) is 4. The van der Waals surface area contributed by atoms with E-state index in [2.05, 4.69) is 5.32 Å². The van der Waals surface area contributed by atoms with Crippen LogP contribution in [0.15, 0.2) is 42.5 Å². The molecule has 5 nitrogen and oxygen atoms in total. The van der Waals surface area contributed by atoms with Gasteiger partial charge >= 0.3 is 0 Å². The van der Waals surface area contributed by atoms with Crippen molar-refractivity contribution in [1.82, 2.24) is 0 Å². The second kappa shape index (κ2) is 6.65. The molecule has 0 aliphatic carbocycles. The van der Waals surface area contributed by atoms with Gasteiger partial charge in [0.25, 0.3) is 5.91 Å². The highest BCUT2D eigenvalue weighted by Crippen LogP contribution is 2.25. The van der Waals surface area contributed by atoms with E-state index in [9.17, 15) is 4.79 Å². The van der Waals surface area contributed by atoms with E-state index in [0.29, 0.717) is 22.9 Å². The topological polar surface area (TPSA) is 73.6 Å². The molecule has 2 aromatic rings. The molecule has 0 fully saturated rings. The molecule has 0 aromatic heterocycles. The van der Waals surface area contributed by atoms with Crippen LogP contribution in [0.2, 0.25) is 0 Å². The number of carbonyl (C=O) groups excluding carboxylic acids is 1. The van der Waals surface area contributed by atoms with Crippen molar-refractivity contribution in [3.63, 3.8) is 0 Å². The maximum Gasteiger partial charge on any atom is 0.262 e. The Morgan fingerprint density at radius 2 is 1.95 bits per heavy atom. The molecular weight excluding hydrogens is 268 g/mol. The zero-order valence-electron chi connectivity index (χ0n) is 12.1. The molecule has 5 heteroatoms. The fourth-order valence-corrected chi connectivity index (χ4v) is 1.84. The summed E-state index contributed by atoms with van der Waals surface area (Å²) in [6.07, 6.45) is 0. The Morgan fingerprint density at radius 3 is 2.67 bits per heavy atom. The number of nitrogens with one attached hydrogen (secondary N) is 1. The molecular formula is C16H18N2O3. The molecule has 21 heavy (non-hydrogen) atoms. The normalized spacial score (nSPS) is 10.0. The third kappa shape index (κ3) is 3.89. The maximum absolute atomic E-state index is 11.9. The number of para-hydroxylation sites is 2. The van der Waals surface area contributed by atoms with Crippen molar-refractivity contribution in [3.8, 4) is 11.5 Å². The second-order valence-electron chi connectivity index (χ2n) is 4.58. The van der Waals surface area contributed by atoms with Crippen LogP contribution in [0, 0.1) is 6.92 Å². The Labute approximate surface area is 123 Å². The lowest BCUT2D eigenvalue weighted by molar-refractivity contribution is -0.118. The number of ether oxygens (including phenoxy) is 2. The van der Waals surface area contributed by atoms with Gasteiger partial charge < -0.3 is 20.5 Å². The Bertz CT molecular complexity index is 641. The van der Waals surface area contributed by atoms with Crippen molar-refractivity contribution in [2.45, 2.75) is 6.92 Å². The number of benzene rings is 2. The van der Waals surface area contributed by atoms with Crippen molar-refractivity contribution < 1.29 is 14.3 Å². The van der Waals surface area contributed by atoms with Gasteiger partial charge in [0.2, 0.25) is 0 Å². The minimum absolute atomic E-state index is 0.120. The molecule has 0 heterocycles. The minimum Gasteiger partial charge on any atom is -0.495 e. The number of amides is 1. The Balaban J connectivity index is 1.98. The quantitative estimate of drug-likeness (QED) is 0.829. The third-order valence-electron chi connectivity index (χ3n) is 2.91. The number of nitrogen functional groups attached to an aromatic ring is 1. The molecule has 0 aliphatic heterocycles. The summed E-state index contributed by atoms with van der Waals surface area (Å²) in [5.41, 5.74) is 7.91. The fourth-order valence-electron chi connectivity index (χ4n) is 1.84. The van der Waals surface area contributed by atoms with E-state index in [-0.39, 0.29) is 12.5 Å². The first-order valence-electron chi connectivity index (χ1n) is 6.52. The molecule has 2 rings (SSSR count). The van der Waals surface area contributed by atoms with E-state index in [1.54, 1.807) is 37.4 Å². The highest BCUT2D eigenvalue weighted by molar-refractivity contribution is 5.93. The molecule has 2 aromatic carbocycles. The first-order chi connectivity index (χ1) is 10.1. The third-order valence-corrected chi connectivity index (χ3v) is 2.91. The number of anilines is 2. The molecule has 0 unspecified atom stereocenters. The van der Waals surface area contributed by atoms with Crippen LogP contribution in [0.4, 0.5) is 11.4 Å². The van der Waals surface area contributed by atoms with Gasteiger partial charge in [0.1, 0.15) is 11.5 Å². The molecule has 0 spiro atoms. The van der Waals surface area contributed by atoms with E-state index < -0.39 is 0 Å². The molecule has 3 N–H and O–H groups in total. The molecule has 0 radical (unpaired) electrons. The molecule has 0 saturated heterocycles. The van der Waals surface area contributed by atoms with Crippen LogP contribution in [0.3, 0.4) is 0 Å². The number of nitrogens with two attached hydrogens (primary N) is 1. The van der Waals surface area contributed by atoms with E-state index >= 15 is 0 Å². The average Bonchev–Trinajstić information content (AvgIpc) is 2.48. The largest absolute Gasteiger partial charge is 0.495 e. The summed E-state index contributed by atoms with van der Waals surface area (Å²) in [6, 6.07) is 12.6. The Hall–Kier alpha value is -2.69. The standard InChI is InChI=1S/C16H18N2O3/c1-11-7-8-13(15(9-11)20-2)18-16(19)10-21-14-6-4-3-5-12(14)17/h3-9H,10,17H2,1-2H3,(H,18,19). The van der Waals surface area contributed by atoms with E-state index in [1.807, 2.05) is 19.1 Å². The van der Waals surface area contributed by atoms with Crippen LogP contribution >= 0.6 is 0 Å². The van der Waals surface area contributed by atoms with Crippen LogP contribution in [0.25, 0.3) is 0 Å². The first kappa shape index (κ1) is 14.7. The second-order valence-corrected chi connectivity index (χ2v) is 4.58. The van der Waals surface area contributed by atoms with Crippen LogP contribution in [-0.4, -0.2) is 19.6 Å². The van der Waals surface area contributed by atoms with Gasteiger partial charge in [0.05, 0.1) is 18.5 Å². The highest BCUT2D eigenvalue weighted by atomic mass is 16.5. The van der Waals surface area contributed by atoms with E-state index in [0.717, 1.165) is 5.56 Å². The molecule has 0 atom stereocenters. The predicted octanol–water partition coefficient (Wildman–Crippen LogP) is 2.60. The minimum atomic E-state index is -0.277. The maximum atomic E-state index is 11.9. The predicted molar refractivity (Wildman–Crippen MR) is 82.7 cm³/mol. The average molecular weight is 286 g/mol. The van der Waals surface area contributed by atoms with Gasteiger partial charge in [-0.3, -0.25) is 4.79 Å². The monoisotopic (exact) mass is 286 g/mol. The number of methoxy groups -OCH3 is 1. The summed E-state index contributed by atoms with van der Waals surface area (Å²) in [5, 5.41) is 2.75. The van der Waals surface area contributed by atoms with Crippen molar-refractivity contribution in [3.05, 3.63) is 48.0 Å². The molecule has 1 amide bonds. The summed E-state index contributed by atoms with van der Waals surface area (Å²) in [4.78, 5) is 11.9. The number of rotatable bonds is 5. The van der Waals surface area contributed by atoms with Gasteiger partial charge in [-0.15, -0.1) is 0 Å². The van der Waals surface area contributed by atoms with Gasteiger partial charge in [-0.2, -0.15) is 0 Å². The van der Waals surface area contributed by atoms with Gasteiger partial charge in [0, 0.05) is 0 Å². The van der Waals surface area contributed by atoms with Crippen molar-refractivity contribution in [1.29, 1.82) is 0 Å². The fraction of sp³-hybridized carbons (Fsp3) is 0.188. The summed E-state index contributed by atoms with van der Waals surface area (Å²) in [7, 11) is 1.56. The van der Waals surface area contributed by atoms with Crippen LogP contribution in [0.5, 0.6) is 11.5 Å². The lowest BCUT2D eigenvalue weighted by Crippen LogP contribution is -2.20. The van der Waals surface area contributed by atoms with Crippen molar-refractivity contribution in [2.24, 2.45) is 0 Å². The SMILES string of the molecule is COc1cc(C)ccc1NC(=O)COc1ccccc1N. The zero-order chi connectivity index (χ0) is 15.2. The summed E-state index contributed by atoms with van der Waals surface area (Å²) in [6.45, 7) is 1.83. The van der Waals surface area contributed by atoms with E-state index in [1.165, 1.54) is 0 Å². The summed E-state index contributed by atoms with van der Waals surface area (Å²) < 4.78 is 10.6. The number of aryl methyl sites for hydroxylation is 1. The zero-order valence-corrected chi connectivity index (χ0v) is 12.1. The smallest absolute Gasteiger partial charge is 0.262 e. The highest BCUT2D eigenvalue weighted by Gasteiger charge is 2.09. The lowest BCUT2D eigenvalue weighted by atomic mass is 10.2. The number of hydrogen-bond donors (Lipinski definition) is 2. The molecule has 0 bridgehead atoms. The van der Waals surface area contributed by atoms with E-state index in [4.69, 9.17) is 15.2 Å². The van der Waals surface area contributed by atoms with Gasteiger partial charge in [-0.25, -0.2) is 0 Å². The summed E-state index contributed by atoms with van der Waals surface area (Å²) >= 11 is 0. The molecule has 110 valence electrons.